The summed E-state index contributed by atoms with van der Waals surface area (Å²) < 4.78 is 0.431. The van der Waals surface area contributed by atoms with Gasteiger partial charge in [-0.1, -0.05) is 0 Å². The first kappa shape index (κ1) is 6.48. The van der Waals surface area contributed by atoms with Crippen LogP contribution in [0.5, 0.6) is 0 Å². The van der Waals surface area contributed by atoms with Gasteiger partial charge in [-0.05, 0) is 0 Å². The first-order valence-corrected chi connectivity index (χ1v) is 1.74. The first-order valence-electron chi connectivity index (χ1n) is 1.40. The van der Waals surface area contributed by atoms with E-state index in [2.05, 4.69) is 11.6 Å². The summed E-state index contributed by atoms with van der Waals surface area (Å²) in [5.74, 6) is 4.62. The number of amides is 2. The third kappa shape index (κ3) is 2.21. The Morgan fingerprint density at radius 1 is 1.86 bits per heavy atom. The van der Waals surface area contributed by atoms with Crippen molar-refractivity contribution < 1.29 is 4.79 Å². The van der Waals surface area contributed by atoms with E-state index in [1.165, 1.54) is 0 Å². The Bertz CT molecular complexity index is 74.1. The molecule has 5 N–H and O–H groups in total. The summed E-state index contributed by atoms with van der Waals surface area (Å²) in [5.41, 5.74) is 6.35. The minimum Gasteiger partial charge on any atom is -0.349 e. The Morgan fingerprint density at radius 3 is 2.29 bits per heavy atom. The van der Waals surface area contributed by atoms with Crippen LogP contribution in [-0.2, 0) is 0 Å². The van der Waals surface area contributed by atoms with Crippen LogP contribution < -0.4 is 17.1 Å². The molecule has 0 aliphatic carbocycles. The number of carbonyl (C=O) groups is 1. The summed E-state index contributed by atoms with van der Waals surface area (Å²) in [6.07, 6.45) is 0. The van der Waals surface area contributed by atoms with Crippen molar-refractivity contribution in [1.29, 1.82) is 0 Å². The molecule has 0 atom stereocenters. The molecule has 0 saturated heterocycles. The maximum atomic E-state index is 9.80. The molecule has 0 aliphatic heterocycles. The van der Waals surface area contributed by atoms with Crippen LogP contribution >= 0.6 is 11.8 Å². The number of nitrogens with two attached hydrogens (primary N) is 2. The standard InChI is InChI=1S/CH5ClN4O/c2-6(5-4)1(3)7/h5H,4H2,(H2,3,7). The Balaban J connectivity index is 3.34. The van der Waals surface area contributed by atoms with E-state index in [-0.39, 0.29) is 0 Å². The highest BCUT2D eigenvalue weighted by Crippen LogP contribution is 1.80. The van der Waals surface area contributed by atoms with Gasteiger partial charge in [-0.3, -0.25) is 5.84 Å². The van der Waals surface area contributed by atoms with Crippen LogP contribution in [0.15, 0.2) is 0 Å². The zero-order valence-electron chi connectivity index (χ0n) is 3.39. The van der Waals surface area contributed by atoms with Crippen LogP contribution in [0.3, 0.4) is 0 Å². The maximum Gasteiger partial charge on any atom is 0.345 e. The van der Waals surface area contributed by atoms with Gasteiger partial charge in [-0.2, -0.15) is 10.1 Å². The van der Waals surface area contributed by atoms with Gasteiger partial charge in [-0.25, -0.2) is 4.79 Å². The lowest BCUT2D eigenvalue weighted by Gasteiger charge is -2.04. The minimum absolute atomic E-state index is 0.431. The van der Waals surface area contributed by atoms with E-state index in [1.807, 2.05) is 0 Å². The fourth-order valence-corrected chi connectivity index (χ4v) is 0.0636. The van der Waals surface area contributed by atoms with Crippen LogP contribution in [0.2, 0.25) is 0 Å². The van der Waals surface area contributed by atoms with Gasteiger partial charge in [0.25, 0.3) is 0 Å². The minimum atomic E-state index is -0.843. The molecule has 6 heteroatoms. The molecule has 2 amide bonds. The number of hydrazine groups is 2. The maximum absolute atomic E-state index is 9.80. The lowest BCUT2D eigenvalue weighted by Crippen LogP contribution is -2.42. The van der Waals surface area contributed by atoms with Crippen molar-refractivity contribution in [2.45, 2.75) is 0 Å². The molecule has 0 rings (SSSR count). The van der Waals surface area contributed by atoms with E-state index in [1.54, 1.807) is 5.53 Å². The van der Waals surface area contributed by atoms with Gasteiger partial charge in [0.1, 0.15) is 0 Å². The highest BCUT2D eigenvalue weighted by atomic mass is 35.5. The van der Waals surface area contributed by atoms with Gasteiger partial charge in [0.05, 0.1) is 0 Å². The number of halogens is 1. The predicted molar refractivity (Wildman–Crippen MR) is 24.6 cm³/mol. The van der Waals surface area contributed by atoms with Gasteiger partial charge in [-0.15, -0.1) is 0 Å². The molecule has 0 aliphatic rings. The van der Waals surface area contributed by atoms with Crippen molar-refractivity contribution in [3.05, 3.63) is 0 Å². The van der Waals surface area contributed by atoms with Gasteiger partial charge in [0.15, 0.2) is 0 Å². The molecule has 0 aromatic carbocycles. The Morgan fingerprint density at radius 2 is 2.29 bits per heavy atom. The summed E-state index contributed by atoms with van der Waals surface area (Å²) in [4.78, 5) is 9.80. The second-order valence-electron chi connectivity index (χ2n) is 0.748. The normalized spacial score (nSPS) is 8.29. The second-order valence-corrected chi connectivity index (χ2v) is 1.09. The van der Waals surface area contributed by atoms with Gasteiger partial charge >= 0.3 is 6.03 Å². The fraction of sp³-hybridized carbons (Fsp3) is 0. The monoisotopic (exact) mass is 124 g/mol. The summed E-state index contributed by atoms with van der Waals surface area (Å²) in [7, 11) is 0. The number of hydrogen-bond donors (Lipinski definition) is 3. The van der Waals surface area contributed by atoms with Crippen molar-refractivity contribution in [3.63, 3.8) is 0 Å². The molecule has 0 radical (unpaired) electrons. The highest BCUT2D eigenvalue weighted by Gasteiger charge is 1.98. The van der Waals surface area contributed by atoms with Crippen molar-refractivity contribution in [2.24, 2.45) is 11.6 Å². The highest BCUT2D eigenvalue weighted by molar-refractivity contribution is 6.20. The Labute approximate surface area is 45.2 Å². The van der Waals surface area contributed by atoms with Crippen molar-refractivity contribution in [1.82, 2.24) is 10.1 Å². The zero-order chi connectivity index (χ0) is 5.86. The SMILES string of the molecule is NNN(Cl)C(N)=O. The first-order chi connectivity index (χ1) is 3.18. The summed E-state index contributed by atoms with van der Waals surface area (Å²) in [6, 6.07) is -0.843. The summed E-state index contributed by atoms with van der Waals surface area (Å²) in [5, 5.41) is 0. The lowest BCUT2D eigenvalue weighted by atomic mass is 11.1. The largest absolute Gasteiger partial charge is 0.349 e. The van der Waals surface area contributed by atoms with E-state index in [0.717, 1.165) is 0 Å². The summed E-state index contributed by atoms with van der Waals surface area (Å²) >= 11 is 4.92. The molecule has 0 aromatic heterocycles. The third-order valence-corrected chi connectivity index (χ3v) is 0.571. The zero-order valence-corrected chi connectivity index (χ0v) is 4.14. The van der Waals surface area contributed by atoms with Crippen LogP contribution in [-0.4, -0.2) is 10.6 Å². The van der Waals surface area contributed by atoms with Gasteiger partial charge < -0.3 is 5.73 Å². The van der Waals surface area contributed by atoms with E-state index in [9.17, 15) is 4.79 Å². The Hall–Kier alpha value is -0.520. The third-order valence-electron chi connectivity index (χ3n) is 0.307. The van der Waals surface area contributed by atoms with Crippen LogP contribution in [0.4, 0.5) is 4.79 Å². The van der Waals surface area contributed by atoms with E-state index in [0.29, 0.717) is 4.53 Å². The quantitative estimate of drug-likeness (QED) is 0.236. The second kappa shape index (κ2) is 2.62. The van der Waals surface area contributed by atoms with E-state index < -0.39 is 6.03 Å². The predicted octanol–water partition coefficient (Wildman–Crippen LogP) is -1.10. The van der Waals surface area contributed by atoms with Crippen molar-refractivity contribution >= 4 is 17.8 Å². The lowest BCUT2D eigenvalue weighted by molar-refractivity contribution is 0.221. The molecule has 0 aromatic rings. The average Bonchev–Trinajstić information content (AvgIpc) is 1.65. The molecule has 0 saturated carbocycles. The Kier molecular flexibility index (Phi) is 2.42. The van der Waals surface area contributed by atoms with E-state index >= 15 is 0 Å². The summed E-state index contributed by atoms with van der Waals surface area (Å²) in [6.45, 7) is 0. The molecule has 0 fully saturated rings. The molecule has 0 heterocycles. The molecule has 42 valence electrons. The molecular weight excluding hydrogens is 119 g/mol. The molecule has 7 heavy (non-hydrogen) atoms. The number of hydrogen-bond acceptors (Lipinski definition) is 3. The van der Waals surface area contributed by atoms with Crippen LogP contribution in [0.1, 0.15) is 0 Å². The number of carbonyl (C=O) groups excluding carboxylic acids is 1. The van der Waals surface area contributed by atoms with Crippen molar-refractivity contribution in [3.8, 4) is 0 Å². The average molecular weight is 125 g/mol. The van der Waals surface area contributed by atoms with Crippen molar-refractivity contribution in [2.75, 3.05) is 0 Å². The van der Waals surface area contributed by atoms with Crippen LogP contribution in [0, 0.1) is 0 Å². The molecular formula is CH5ClN4O. The smallest absolute Gasteiger partial charge is 0.345 e. The number of rotatable bonds is 1. The fourth-order valence-electron chi connectivity index (χ4n) is 0.0636. The molecule has 0 spiro atoms. The molecule has 5 nitrogen and oxygen atoms in total. The van der Waals surface area contributed by atoms with E-state index in [4.69, 9.17) is 11.8 Å². The molecule has 0 unspecified atom stereocenters. The molecule has 0 bridgehead atoms. The van der Waals surface area contributed by atoms with Gasteiger partial charge in [0.2, 0.25) is 0 Å². The topological polar surface area (TPSA) is 84.4 Å². The number of urea groups is 1. The number of nitrogens with one attached hydrogen (secondary N) is 1. The van der Waals surface area contributed by atoms with Crippen LogP contribution in [0.25, 0.3) is 0 Å². The number of nitrogens with zero attached hydrogens (tertiary/aromatic N) is 1. The van der Waals surface area contributed by atoms with Gasteiger partial charge in [0, 0.05) is 11.8 Å². The number of primary amides is 1.